The topological polar surface area (TPSA) is 74.6 Å². The van der Waals surface area contributed by atoms with E-state index in [0.717, 1.165) is 25.0 Å². The maximum atomic E-state index is 10.2. The van der Waals surface area contributed by atoms with Gasteiger partial charge in [0, 0.05) is 12.2 Å². The average Bonchev–Trinajstić information content (AvgIpc) is 3.07. The highest BCUT2D eigenvalue weighted by molar-refractivity contribution is 5.80. The van der Waals surface area contributed by atoms with Crippen molar-refractivity contribution < 1.29 is 19.8 Å². The van der Waals surface area contributed by atoms with Gasteiger partial charge in [-0.15, -0.1) is 0 Å². The van der Waals surface area contributed by atoms with E-state index in [1.165, 1.54) is 115 Å². The van der Waals surface area contributed by atoms with Crippen LogP contribution in [0.5, 0.6) is 0 Å². The molecule has 0 spiro atoms. The standard InChI is InChI=1S/C22H34O2.C22H32O2/c2*1-2-3-4-5-6-7-8-9-10-11-12-13-14-15-16-17-18-19-20-21-22(23)24/h12-21H,2-11H2,1H3,(H,23,24);10-21H,2-9H2,1H3,(H,23,24)/b13-12+,15-14+,17-16+,19-18+,21-20+;11-10+,13-12+,15-14+,17-16+,19-18+,21-20+. The van der Waals surface area contributed by atoms with E-state index in [0.29, 0.717) is 0 Å². The Morgan fingerprint density at radius 2 is 0.562 bits per heavy atom. The fraction of sp³-hybridized carbons (Fsp3) is 0.455. The Bertz CT molecular complexity index is 1060. The molecule has 0 saturated carbocycles. The van der Waals surface area contributed by atoms with Crippen molar-refractivity contribution >= 4 is 11.9 Å². The maximum absolute atomic E-state index is 10.2. The van der Waals surface area contributed by atoms with Crippen LogP contribution in [-0.4, -0.2) is 22.2 Å². The van der Waals surface area contributed by atoms with Crippen molar-refractivity contribution in [2.45, 2.75) is 129 Å². The van der Waals surface area contributed by atoms with Gasteiger partial charge in [-0.05, 0) is 25.7 Å². The molecule has 0 aliphatic rings. The van der Waals surface area contributed by atoms with Crippen molar-refractivity contribution in [3.05, 3.63) is 134 Å². The number of aliphatic carboxylic acids is 2. The van der Waals surface area contributed by atoms with Crippen molar-refractivity contribution in [1.29, 1.82) is 0 Å². The number of allylic oxidation sites excluding steroid dienone is 20. The molecule has 0 atom stereocenters. The number of hydrogen-bond acceptors (Lipinski definition) is 2. The maximum Gasteiger partial charge on any atom is 0.328 e. The Labute approximate surface area is 294 Å². The SMILES string of the molecule is CCCCCCCCC/C=C/C=C/C=C/C=C/C=C/C=C/C(=O)O.CCCCCCCCCCC/C=C/C=C/C=C/C=C/C=C/C(=O)O. The molecule has 0 saturated heterocycles. The first-order valence-corrected chi connectivity index (χ1v) is 18.3. The molecule has 0 amide bonds. The number of carbonyl (C=O) groups is 2. The Balaban J connectivity index is 0. The third-order valence-corrected chi connectivity index (χ3v) is 6.98. The van der Waals surface area contributed by atoms with Gasteiger partial charge in [0.2, 0.25) is 0 Å². The molecule has 266 valence electrons. The molecular weight excluding hydrogens is 592 g/mol. The molecule has 0 aromatic rings. The predicted molar refractivity (Wildman–Crippen MR) is 210 cm³/mol. The summed E-state index contributed by atoms with van der Waals surface area (Å²) in [5.41, 5.74) is 0. The van der Waals surface area contributed by atoms with Crippen LogP contribution in [0, 0.1) is 0 Å². The van der Waals surface area contributed by atoms with Crippen molar-refractivity contribution in [2.24, 2.45) is 0 Å². The summed E-state index contributed by atoms with van der Waals surface area (Å²) in [5.74, 6) is -1.87. The van der Waals surface area contributed by atoms with Crippen molar-refractivity contribution in [2.75, 3.05) is 0 Å². The zero-order chi connectivity index (χ0) is 35.4. The molecule has 2 N–H and O–H groups in total. The van der Waals surface area contributed by atoms with Crippen LogP contribution in [0.3, 0.4) is 0 Å². The molecule has 4 heteroatoms. The van der Waals surface area contributed by atoms with Crippen LogP contribution < -0.4 is 0 Å². The van der Waals surface area contributed by atoms with E-state index in [2.05, 4.69) is 38.2 Å². The lowest BCUT2D eigenvalue weighted by Crippen LogP contribution is -1.84. The fourth-order valence-corrected chi connectivity index (χ4v) is 4.32. The van der Waals surface area contributed by atoms with Gasteiger partial charge in [-0.3, -0.25) is 0 Å². The van der Waals surface area contributed by atoms with E-state index in [1.54, 1.807) is 24.3 Å². The lowest BCUT2D eigenvalue weighted by molar-refractivity contribution is -0.132. The number of unbranched alkanes of at least 4 members (excludes halogenated alkanes) is 16. The molecule has 0 rings (SSSR count). The molecule has 0 heterocycles. The molecule has 4 nitrogen and oxygen atoms in total. The van der Waals surface area contributed by atoms with Crippen molar-refractivity contribution in [1.82, 2.24) is 0 Å². The van der Waals surface area contributed by atoms with E-state index in [4.69, 9.17) is 10.2 Å². The highest BCUT2D eigenvalue weighted by Crippen LogP contribution is 2.11. The average molecular weight is 659 g/mol. The van der Waals surface area contributed by atoms with E-state index < -0.39 is 11.9 Å². The monoisotopic (exact) mass is 658 g/mol. The largest absolute Gasteiger partial charge is 0.478 e. The summed E-state index contributed by atoms with van der Waals surface area (Å²) in [7, 11) is 0. The van der Waals surface area contributed by atoms with Gasteiger partial charge in [-0.1, -0.05) is 225 Å². The van der Waals surface area contributed by atoms with Gasteiger partial charge in [-0.25, -0.2) is 9.59 Å². The number of carboxylic acids is 2. The van der Waals surface area contributed by atoms with Gasteiger partial charge in [0.15, 0.2) is 0 Å². The van der Waals surface area contributed by atoms with Gasteiger partial charge in [-0.2, -0.15) is 0 Å². The number of rotatable bonds is 29. The van der Waals surface area contributed by atoms with E-state index >= 15 is 0 Å². The van der Waals surface area contributed by atoms with Gasteiger partial charge >= 0.3 is 11.9 Å². The second kappa shape index (κ2) is 43.1. The van der Waals surface area contributed by atoms with Gasteiger partial charge in [0.1, 0.15) is 0 Å². The molecule has 0 aliphatic heterocycles. The lowest BCUT2D eigenvalue weighted by atomic mass is 10.1. The zero-order valence-corrected chi connectivity index (χ0v) is 30.1. The molecule has 48 heavy (non-hydrogen) atoms. The Hall–Kier alpha value is -3.92. The molecule has 0 radical (unpaired) electrons. The van der Waals surface area contributed by atoms with Crippen LogP contribution in [-0.2, 0) is 9.59 Å². The van der Waals surface area contributed by atoms with Gasteiger partial charge in [0.05, 0.1) is 0 Å². The Morgan fingerprint density at radius 3 is 0.833 bits per heavy atom. The van der Waals surface area contributed by atoms with Crippen LogP contribution in [0.1, 0.15) is 129 Å². The Kier molecular flexibility index (Phi) is 41.5. The highest BCUT2D eigenvalue weighted by atomic mass is 16.4. The summed E-state index contributed by atoms with van der Waals surface area (Å²) >= 11 is 0. The molecule has 0 bridgehead atoms. The first kappa shape index (κ1) is 46.2. The van der Waals surface area contributed by atoms with Gasteiger partial charge in [0.25, 0.3) is 0 Å². The third kappa shape index (κ3) is 49.0. The lowest BCUT2D eigenvalue weighted by Gasteiger charge is -2.00. The smallest absolute Gasteiger partial charge is 0.328 e. The minimum atomic E-state index is -0.936. The van der Waals surface area contributed by atoms with E-state index in [9.17, 15) is 9.59 Å². The molecule has 0 unspecified atom stereocenters. The minimum absolute atomic E-state index is 0.930. The van der Waals surface area contributed by atoms with Crippen LogP contribution in [0.2, 0.25) is 0 Å². The first-order valence-electron chi connectivity index (χ1n) is 18.3. The first-order chi connectivity index (χ1) is 23.5. The minimum Gasteiger partial charge on any atom is -0.478 e. The molecule has 0 aromatic heterocycles. The third-order valence-electron chi connectivity index (χ3n) is 6.98. The second-order valence-electron chi connectivity index (χ2n) is 11.5. The molecule has 0 aliphatic carbocycles. The normalized spacial score (nSPS) is 12.9. The van der Waals surface area contributed by atoms with E-state index in [-0.39, 0.29) is 0 Å². The second-order valence-corrected chi connectivity index (χ2v) is 11.5. The van der Waals surface area contributed by atoms with Crippen molar-refractivity contribution in [3.8, 4) is 0 Å². The van der Waals surface area contributed by atoms with Crippen LogP contribution >= 0.6 is 0 Å². The van der Waals surface area contributed by atoms with Crippen molar-refractivity contribution in [3.63, 3.8) is 0 Å². The van der Waals surface area contributed by atoms with Crippen LogP contribution in [0.4, 0.5) is 0 Å². The molecule has 0 fully saturated rings. The van der Waals surface area contributed by atoms with Crippen LogP contribution in [0.25, 0.3) is 0 Å². The quantitative estimate of drug-likeness (QED) is 0.0476. The predicted octanol–water partition coefficient (Wildman–Crippen LogP) is 13.3. The molecule has 0 aromatic carbocycles. The number of carboxylic acid groups (broad SMARTS) is 2. The number of hydrogen-bond donors (Lipinski definition) is 2. The summed E-state index contributed by atoms with van der Waals surface area (Å²) in [4.78, 5) is 20.4. The summed E-state index contributed by atoms with van der Waals surface area (Å²) in [6, 6.07) is 0. The highest BCUT2D eigenvalue weighted by Gasteiger charge is 1.91. The van der Waals surface area contributed by atoms with Crippen LogP contribution in [0.15, 0.2) is 134 Å². The fourth-order valence-electron chi connectivity index (χ4n) is 4.32. The zero-order valence-electron chi connectivity index (χ0n) is 30.1. The molecular formula is C44H66O4. The summed E-state index contributed by atoms with van der Waals surface area (Å²) in [6.07, 6.45) is 64.4. The summed E-state index contributed by atoms with van der Waals surface area (Å²) in [5, 5.41) is 16.8. The van der Waals surface area contributed by atoms with Gasteiger partial charge < -0.3 is 10.2 Å². The summed E-state index contributed by atoms with van der Waals surface area (Å²) < 4.78 is 0. The Morgan fingerprint density at radius 1 is 0.333 bits per heavy atom. The van der Waals surface area contributed by atoms with E-state index in [1.807, 2.05) is 60.8 Å². The summed E-state index contributed by atoms with van der Waals surface area (Å²) in [6.45, 7) is 4.52.